The number of benzene rings is 2. The van der Waals surface area contributed by atoms with Crippen molar-refractivity contribution in [3.05, 3.63) is 58.4 Å². The number of hydrogen-bond acceptors (Lipinski definition) is 6. The fraction of sp³-hybridized carbons (Fsp3) is 0.273. The minimum absolute atomic E-state index is 0.0974. The molecule has 0 aliphatic carbocycles. The average Bonchev–Trinajstić information content (AvgIpc) is 2.64. The molecule has 3 aromatic rings. The maximum absolute atomic E-state index is 12.9. The second-order valence-electron chi connectivity index (χ2n) is 7.40. The van der Waals surface area contributed by atoms with Gasteiger partial charge in [-0.25, -0.2) is 0 Å². The van der Waals surface area contributed by atoms with E-state index in [1.54, 1.807) is 71.2 Å². The van der Waals surface area contributed by atoms with Crippen LogP contribution >= 0.6 is 0 Å². The zero-order valence-corrected chi connectivity index (χ0v) is 16.5. The van der Waals surface area contributed by atoms with Crippen LogP contribution in [0.5, 0.6) is 23.0 Å². The van der Waals surface area contributed by atoms with Gasteiger partial charge in [-0.3, -0.25) is 9.59 Å². The molecule has 6 nitrogen and oxygen atoms in total. The molecule has 0 N–H and O–H groups in total. The van der Waals surface area contributed by atoms with Crippen molar-refractivity contribution in [1.82, 2.24) is 0 Å². The highest BCUT2D eigenvalue weighted by Crippen LogP contribution is 2.29. The Hall–Kier alpha value is -3.28. The quantitative estimate of drug-likeness (QED) is 0.474. The van der Waals surface area contributed by atoms with Crippen LogP contribution in [0.25, 0.3) is 11.0 Å². The van der Waals surface area contributed by atoms with Crippen LogP contribution in [0, 0.1) is 12.3 Å². The number of ether oxygens (including phenoxy) is 3. The molecule has 0 fully saturated rings. The molecule has 2 aromatic carbocycles. The van der Waals surface area contributed by atoms with Crippen molar-refractivity contribution in [2.24, 2.45) is 5.41 Å². The van der Waals surface area contributed by atoms with E-state index in [1.165, 1.54) is 6.07 Å². The fourth-order valence-corrected chi connectivity index (χ4v) is 2.49. The van der Waals surface area contributed by atoms with E-state index < -0.39 is 5.41 Å². The van der Waals surface area contributed by atoms with E-state index in [-0.39, 0.29) is 17.1 Å². The number of aryl methyl sites for hydroxylation is 1. The predicted molar refractivity (Wildman–Crippen MR) is 105 cm³/mol. The Labute approximate surface area is 162 Å². The number of fused-ring (bicyclic) bond motifs is 1. The summed E-state index contributed by atoms with van der Waals surface area (Å²) in [7, 11) is 1.55. The van der Waals surface area contributed by atoms with Gasteiger partial charge in [-0.2, -0.15) is 0 Å². The van der Waals surface area contributed by atoms with Crippen LogP contribution in [0.4, 0.5) is 0 Å². The molecule has 1 heterocycles. The Morgan fingerprint density at radius 3 is 2.39 bits per heavy atom. The van der Waals surface area contributed by atoms with Gasteiger partial charge in [0, 0.05) is 12.1 Å². The van der Waals surface area contributed by atoms with Crippen molar-refractivity contribution in [2.75, 3.05) is 7.11 Å². The molecule has 0 unspecified atom stereocenters. The van der Waals surface area contributed by atoms with E-state index in [1.807, 2.05) is 0 Å². The topological polar surface area (TPSA) is 75.0 Å². The number of hydrogen-bond donors (Lipinski definition) is 0. The third-order valence-corrected chi connectivity index (χ3v) is 4.07. The molecule has 0 saturated carbocycles. The Bertz CT molecular complexity index is 1090. The van der Waals surface area contributed by atoms with Gasteiger partial charge >= 0.3 is 5.97 Å². The Morgan fingerprint density at radius 2 is 1.71 bits per heavy atom. The standard InChI is InChI=1S/C22H22O6/c1-13-20(27-15-8-6-7-14(11-15)25-5)19(23)17-10-9-16(12-18(17)26-13)28-21(24)22(2,3)4/h6-12H,1-5H3. The average molecular weight is 382 g/mol. The van der Waals surface area contributed by atoms with E-state index in [2.05, 4.69) is 0 Å². The van der Waals surface area contributed by atoms with Crippen LogP contribution in [0.3, 0.4) is 0 Å². The van der Waals surface area contributed by atoms with Crippen molar-refractivity contribution >= 4 is 16.9 Å². The number of methoxy groups -OCH3 is 1. The van der Waals surface area contributed by atoms with E-state index in [0.29, 0.717) is 34.0 Å². The van der Waals surface area contributed by atoms with Gasteiger partial charge < -0.3 is 18.6 Å². The molecular formula is C22H22O6. The minimum Gasteiger partial charge on any atom is -0.497 e. The van der Waals surface area contributed by atoms with Gasteiger partial charge in [0.2, 0.25) is 11.2 Å². The number of carbonyl (C=O) groups excluding carboxylic acids is 1. The van der Waals surface area contributed by atoms with Gasteiger partial charge in [0.1, 0.15) is 28.6 Å². The van der Waals surface area contributed by atoms with E-state index in [4.69, 9.17) is 18.6 Å². The summed E-state index contributed by atoms with van der Waals surface area (Å²) in [6, 6.07) is 11.6. The Balaban J connectivity index is 1.97. The first-order valence-corrected chi connectivity index (χ1v) is 8.80. The molecule has 6 heteroatoms. The predicted octanol–water partition coefficient (Wildman–Crippen LogP) is 4.85. The van der Waals surface area contributed by atoms with Crippen molar-refractivity contribution in [3.8, 4) is 23.0 Å². The second-order valence-corrected chi connectivity index (χ2v) is 7.40. The van der Waals surface area contributed by atoms with Gasteiger partial charge in [-0.15, -0.1) is 0 Å². The summed E-state index contributed by atoms with van der Waals surface area (Å²) in [5.41, 5.74) is -0.630. The zero-order valence-electron chi connectivity index (χ0n) is 16.5. The van der Waals surface area contributed by atoms with Crippen LogP contribution in [-0.2, 0) is 4.79 Å². The molecule has 3 rings (SSSR count). The summed E-state index contributed by atoms with van der Waals surface area (Å²) in [5, 5.41) is 0.332. The van der Waals surface area contributed by atoms with Crippen molar-refractivity contribution < 1.29 is 23.4 Å². The molecule has 0 amide bonds. The highest BCUT2D eigenvalue weighted by molar-refractivity contribution is 5.82. The first-order valence-electron chi connectivity index (χ1n) is 8.80. The van der Waals surface area contributed by atoms with Crippen molar-refractivity contribution in [1.29, 1.82) is 0 Å². The van der Waals surface area contributed by atoms with E-state index in [0.717, 1.165) is 0 Å². The highest BCUT2D eigenvalue weighted by atomic mass is 16.5. The van der Waals surface area contributed by atoms with Crippen LogP contribution in [0.15, 0.2) is 51.7 Å². The maximum Gasteiger partial charge on any atom is 0.316 e. The monoisotopic (exact) mass is 382 g/mol. The van der Waals surface area contributed by atoms with Crippen LogP contribution in [0.2, 0.25) is 0 Å². The lowest BCUT2D eigenvalue weighted by atomic mass is 9.97. The SMILES string of the molecule is COc1cccc(Oc2c(C)oc3cc(OC(=O)C(C)(C)C)ccc3c2=O)c1. The van der Waals surface area contributed by atoms with Crippen molar-refractivity contribution in [2.45, 2.75) is 27.7 Å². The molecule has 0 radical (unpaired) electrons. The van der Waals surface area contributed by atoms with Gasteiger partial charge in [0.05, 0.1) is 17.9 Å². The van der Waals surface area contributed by atoms with Crippen LogP contribution < -0.4 is 19.6 Å². The van der Waals surface area contributed by atoms with Gasteiger partial charge in [0.15, 0.2) is 0 Å². The molecule has 0 bridgehead atoms. The second kappa shape index (κ2) is 7.38. The number of carbonyl (C=O) groups is 1. The lowest BCUT2D eigenvalue weighted by molar-refractivity contribution is -0.142. The molecule has 28 heavy (non-hydrogen) atoms. The Kier molecular flexibility index (Phi) is 5.14. The van der Waals surface area contributed by atoms with Crippen molar-refractivity contribution in [3.63, 3.8) is 0 Å². The molecular weight excluding hydrogens is 360 g/mol. The highest BCUT2D eigenvalue weighted by Gasteiger charge is 2.24. The largest absolute Gasteiger partial charge is 0.497 e. The summed E-state index contributed by atoms with van der Waals surface area (Å²) < 4.78 is 22.1. The smallest absolute Gasteiger partial charge is 0.316 e. The van der Waals surface area contributed by atoms with E-state index >= 15 is 0 Å². The summed E-state index contributed by atoms with van der Waals surface area (Å²) in [5.74, 6) is 1.44. The minimum atomic E-state index is -0.639. The first kappa shape index (κ1) is 19.5. The summed E-state index contributed by atoms with van der Waals surface area (Å²) in [6.45, 7) is 6.94. The fourth-order valence-electron chi connectivity index (χ4n) is 2.49. The molecule has 0 saturated heterocycles. The summed E-state index contributed by atoms with van der Waals surface area (Å²) >= 11 is 0. The van der Waals surface area contributed by atoms with Gasteiger partial charge in [-0.05, 0) is 52.0 Å². The molecule has 146 valence electrons. The molecule has 0 aliphatic heterocycles. The molecule has 0 aliphatic rings. The summed E-state index contributed by atoms with van der Waals surface area (Å²) in [6.07, 6.45) is 0. The maximum atomic E-state index is 12.9. The Morgan fingerprint density at radius 1 is 1.00 bits per heavy atom. The first-order chi connectivity index (χ1) is 13.2. The van der Waals surface area contributed by atoms with Gasteiger partial charge in [-0.1, -0.05) is 6.07 Å². The normalized spacial score (nSPS) is 11.3. The zero-order chi connectivity index (χ0) is 20.5. The third kappa shape index (κ3) is 4.01. The number of esters is 1. The molecule has 0 atom stereocenters. The summed E-state index contributed by atoms with van der Waals surface area (Å²) in [4.78, 5) is 24.9. The van der Waals surface area contributed by atoms with Gasteiger partial charge in [0.25, 0.3) is 0 Å². The van der Waals surface area contributed by atoms with E-state index in [9.17, 15) is 9.59 Å². The molecule has 1 aromatic heterocycles. The van der Waals surface area contributed by atoms with Crippen LogP contribution in [0.1, 0.15) is 26.5 Å². The van der Waals surface area contributed by atoms with Crippen LogP contribution in [-0.4, -0.2) is 13.1 Å². The lowest BCUT2D eigenvalue weighted by Crippen LogP contribution is -2.25. The molecule has 0 spiro atoms. The lowest BCUT2D eigenvalue weighted by Gasteiger charge is -2.16. The number of rotatable bonds is 4. The third-order valence-electron chi connectivity index (χ3n) is 4.07.